The van der Waals surface area contributed by atoms with Crippen molar-refractivity contribution in [3.63, 3.8) is 0 Å². The zero-order valence-corrected chi connectivity index (χ0v) is 13.5. The van der Waals surface area contributed by atoms with E-state index in [2.05, 4.69) is 31.9 Å². The van der Waals surface area contributed by atoms with Gasteiger partial charge in [0.05, 0.1) is 8.95 Å². The molecule has 2 rings (SSSR count). The standard InChI is InChI=1S/C14H12Br2F2N2/c15-9-5-7(1-3-11(9)17)13(19)14(20)8-2-4-12(18)10(16)6-8/h1-6,13-14H,19-20H2. The molecule has 6 heteroatoms. The van der Waals surface area contributed by atoms with Crippen LogP contribution in [0.15, 0.2) is 45.3 Å². The van der Waals surface area contributed by atoms with Crippen LogP contribution in [0, 0.1) is 11.6 Å². The van der Waals surface area contributed by atoms with Crippen LogP contribution in [0.1, 0.15) is 23.2 Å². The summed E-state index contributed by atoms with van der Waals surface area (Å²) in [5, 5.41) is 0. The summed E-state index contributed by atoms with van der Waals surface area (Å²) >= 11 is 6.22. The number of hydrogen-bond donors (Lipinski definition) is 2. The molecule has 4 N–H and O–H groups in total. The minimum atomic E-state index is -0.524. The maximum Gasteiger partial charge on any atom is 0.137 e. The van der Waals surface area contributed by atoms with Crippen LogP contribution in [0.3, 0.4) is 0 Å². The fourth-order valence-corrected chi connectivity index (χ4v) is 2.65. The van der Waals surface area contributed by atoms with E-state index in [0.29, 0.717) is 20.1 Å². The highest BCUT2D eigenvalue weighted by molar-refractivity contribution is 9.10. The zero-order valence-electron chi connectivity index (χ0n) is 10.3. The van der Waals surface area contributed by atoms with Crippen molar-refractivity contribution in [2.75, 3.05) is 0 Å². The number of rotatable bonds is 3. The highest BCUT2D eigenvalue weighted by Gasteiger charge is 2.19. The third kappa shape index (κ3) is 3.25. The largest absolute Gasteiger partial charge is 0.322 e. The van der Waals surface area contributed by atoms with E-state index >= 15 is 0 Å². The van der Waals surface area contributed by atoms with Gasteiger partial charge in [-0.3, -0.25) is 0 Å². The average Bonchev–Trinajstić information content (AvgIpc) is 2.43. The Morgan fingerprint density at radius 3 is 1.40 bits per heavy atom. The van der Waals surface area contributed by atoms with Crippen LogP contribution in [-0.4, -0.2) is 0 Å². The highest BCUT2D eigenvalue weighted by Crippen LogP contribution is 2.29. The molecule has 0 heterocycles. The molecule has 2 aromatic carbocycles. The third-order valence-corrected chi connectivity index (χ3v) is 4.26. The molecule has 106 valence electrons. The average molecular weight is 406 g/mol. The summed E-state index contributed by atoms with van der Waals surface area (Å²) in [4.78, 5) is 0. The van der Waals surface area contributed by atoms with Crippen molar-refractivity contribution in [1.82, 2.24) is 0 Å². The van der Waals surface area contributed by atoms with Crippen molar-refractivity contribution in [2.24, 2.45) is 11.5 Å². The number of halogens is 4. The van der Waals surface area contributed by atoms with Crippen molar-refractivity contribution in [1.29, 1.82) is 0 Å². The molecule has 0 aromatic heterocycles. The molecule has 20 heavy (non-hydrogen) atoms. The van der Waals surface area contributed by atoms with E-state index < -0.39 is 12.1 Å². The van der Waals surface area contributed by atoms with Crippen LogP contribution in [0.25, 0.3) is 0 Å². The van der Waals surface area contributed by atoms with E-state index in [-0.39, 0.29) is 11.6 Å². The summed E-state index contributed by atoms with van der Waals surface area (Å²) < 4.78 is 27.1. The lowest BCUT2D eigenvalue weighted by Crippen LogP contribution is -2.26. The zero-order chi connectivity index (χ0) is 14.9. The van der Waals surface area contributed by atoms with E-state index in [9.17, 15) is 8.78 Å². The Morgan fingerprint density at radius 1 is 0.750 bits per heavy atom. The van der Waals surface area contributed by atoms with Gasteiger partial charge in [0.15, 0.2) is 0 Å². The van der Waals surface area contributed by atoms with E-state index in [4.69, 9.17) is 11.5 Å². The summed E-state index contributed by atoms with van der Waals surface area (Å²) in [5.74, 6) is -0.724. The molecule has 0 aliphatic carbocycles. The predicted molar refractivity (Wildman–Crippen MR) is 82.1 cm³/mol. The molecule has 0 radical (unpaired) electrons. The van der Waals surface area contributed by atoms with E-state index in [1.165, 1.54) is 12.1 Å². The van der Waals surface area contributed by atoms with E-state index in [1.807, 2.05) is 0 Å². The van der Waals surface area contributed by atoms with Gasteiger partial charge in [0.2, 0.25) is 0 Å². The van der Waals surface area contributed by atoms with Gasteiger partial charge in [-0.05, 0) is 67.3 Å². The van der Waals surface area contributed by atoms with Crippen molar-refractivity contribution >= 4 is 31.9 Å². The van der Waals surface area contributed by atoms with Crippen LogP contribution >= 0.6 is 31.9 Å². The number of hydrogen-bond acceptors (Lipinski definition) is 2. The lowest BCUT2D eigenvalue weighted by Gasteiger charge is -2.21. The summed E-state index contributed by atoms with van der Waals surface area (Å²) in [5.41, 5.74) is 13.6. The molecule has 0 amide bonds. The first-order valence-corrected chi connectivity index (χ1v) is 7.40. The molecule has 2 aromatic rings. The van der Waals surface area contributed by atoms with Crippen LogP contribution in [0.2, 0.25) is 0 Å². The number of benzene rings is 2. The first kappa shape index (κ1) is 15.6. The summed E-state index contributed by atoms with van der Waals surface area (Å²) in [6.07, 6.45) is 0. The van der Waals surface area contributed by atoms with Crippen molar-refractivity contribution in [2.45, 2.75) is 12.1 Å². The lowest BCUT2D eigenvalue weighted by atomic mass is 9.95. The summed E-state index contributed by atoms with van der Waals surface area (Å²) in [6, 6.07) is 7.97. The van der Waals surface area contributed by atoms with Gasteiger partial charge in [-0.1, -0.05) is 12.1 Å². The maximum atomic E-state index is 13.2. The van der Waals surface area contributed by atoms with Gasteiger partial charge in [-0.25, -0.2) is 8.78 Å². The van der Waals surface area contributed by atoms with Gasteiger partial charge in [0.25, 0.3) is 0 Å². The van der Waals surface area contributed by atoms with Crippen molar-refractivity contribution < 1.29 is 8.78 Å². The van der Waals surface area contributed by atoms with Crippen LogP contribution in [-0.2, 0) is 0 Å². The smallest absolute Gasteiger partial charge is 0.137 e. The van der Waals surface area contributed by atoms with Crippen molar-refractivity contribution in [3.05, 3.63) is 68.1 Å². The molecule has 2 atom stereocenters. The second kappa shape index (κ2) is 6.30. The SMILES string of the molecule is NC(c1ccc(F)c(Br)c1)C(N)c1ccc(F)c(Br)c1. The minimum absolute atomic E-state index is 0.331. The summed E-state index contributed by atoms with van der Waals surface area (Å²) in [7, 11) is 0. The van der Waals surface area contributed by atoms with Gasteiger partial charge in [0, 0.05) is 12.1 Å². The molecule has 2 nitrogen and oxygen atoms in total. The molecule has 0 saturated carbocycles. The first-order chi connectivity index (χ1) is 9.40. The molecule has 0 spiro atoms. The second-order valence-corrected chi connectivity index (χ2v) is 6.11. The summed E-state index contributed by atoms with van der Waals surface area (Å²) in [6.45, 7) is 0. The fourth-order valence-electron chi connectivity index (χ4n) is 1.85. The monoisotopic (exact) mass is 404 g/mol. The molecule has 0 aliphatic rings. The van der Waals surface area contributed by atoms with Gasteiger partial charge < -0.3 is 11.5 Å². The molecule has 0 saturated heterocycles. The number of nitrogens with two attached hydrogens (primary N) is 2. The van der Waals surface area contributed by atoms with Gasteiger partial charge in [-0.2, -0.15) is 0 Å². The van der Waals surface area contributed by atoms with Gasteiger partial charge in [0.1, 0.15) is 11.6 Å². The Bertz CT molecular complexity index is 579. The molecular weight excluding hydrogens is 394 g/mol. The van der Waals surface area contributed by atoms with Crippen LogP contribution in [0.4, 0.5) is 8.78 Å². The third-order valence-electron chi connectivity index (χ3n) is 3.04. The normalized spacial score (nSPS) is 14.1. The van der Waals surface area contributed by atoms with Crippen molar-refractivity contribution in [3.8, 4) is 0 Å². The fraction of sp³-hybridized carbons (Fsp3) is 0.143. The Kier molecular flexibility index (Phi) is 4.90. The molecular formula is C14H12Br2F2N2. The topological polar surface area (TPSA) is 52.0 Å². The molecule has 0 aliphatic heterocycles. The van der Waals surface area contributed by atoms with E-state index in [1.54, 1.807) is 24.3 Å². The van der Waals surface area contributed by atoms with E-state index in [0.717, 1.165) is 0 Å². The quantitative estimate of drug-likeness (QED) is 0.804. The predicted octanol–water partition coefficient (Wildman–Crippen LogP) is 4.19. The Labute approximate surface area is 132 Å². The Balaban J connectivity index is 2.29. The Hall–Kier alpha value is -0.820. The van der Waals surface area contributed by atoms with Crippen LogP contribution < -0.4 is 11.5 Å². The molecule has 0 fully saturated rings. The minimum Gasteiger partial charge on any atom is -0.322 e. The first-order valence-electron chi connectivity index (χ1n) is 5.81. The molecule has 2 unspecified atom stereocenters. The Morgan fingerprint density at radius 2 is 1.10 bits per heavy atom. The highest BCUT2D eigenvalue weighted by atomic mass is 79.9. The second-order valence-electron chi connectivity index (χ2n) is 4.40. The van der Waals surface area contributed by atoms with Crippen LogP contribution in [0.5, 0.6) is 0 Å². The maximum absolute atomic E-state index is 13.2. The van der Waals surface area contributed by atoms with Gasteiger partial charge >= 0.3 is 0 Å². The molecule has 0 bridgehead atoms. The van der Waals surface area contributed by atoms with Gasteiger partial charge in [-0.15, -0.1) is 0 Å². The lowest BCUT2D eigenvalue weighted by molar-refractivity contribution is 0.565.